The average Bonchev–Trinajstić information content (AvgIpc) is 3.03. The summed E-state index contributed by atoms with van der Waals surface area (Å²) in [6, 6.07) is 2.46. The average molecular weight is 452 g/mol. The standard InChI is InChI=1S/C10H9F2N.C10H19NO2.CH2O.K.H2N/c1-3-8-9(11)4-7(6-13-2)5-10(8)12;1-10(2,3)6-9(13)11-5-4-8(12)7-11;1-2;;/h1,4-5,13H,6H2,2H3;8,12H,4-7H2,1-3H3;1H2;;1H2/q;;;+1;-1. The molecule has 1 aromatic carbocycles. The molecule has 30 heavy (non-hydrogen) atoms. The third kappa shape index (κ3) is 12.9. The van der Waals surface area contributed by atoms with E-state index in [4.69, 9.17) is 11.2 Å². The first-order valence-corrected chi connectivity index (χ1v) is 8.91. The van der Waals surface area contributed by atoms with Gasteiger partial charge >= 0.3 is 51.4 Å². The second-order valence-electron chi connectivity index (χ2n) is 7.63. The van der Waals surface area contributed by atoms with Crippen LogP contribution in [-0.2, 0) is 16.1 Å². The van der Waals surface area contributed by atoms with Crippen molar-refractivity contribution in [1.29, 1.82) is 0 Å². The van der Waals surface area contributed by atoms with E-state index in [9.17, 15) is 18.7 Å². The summed E-state index contributed by atoms with van der Waals surface area (Å²) in [5, 5.41) is 12.0. The summed E-state index contributed by atoms with van der Waals surface area (Å²) in [6.45, 7) is 9.82. The van der Waals surface area contributed by atoms with Crippen LogP contribution in [0.5, 0.6) is 0 Å². The minimum absolute atomic E-state index is 0. The zero-order valence-corrected chi connectivity index (χ0v) is 21.7. The van der Waals surface area contributed by atoms with Gasteiger partial charge in [0.1, 0.15) is 18.4 Å². The number of β-amino-alcohol motifs (C(OH)–C–C–N with tert-alkyl or cyclic N) is 1. The molecule has 0 aliphatic carbocycles. The molecular weight excluding hydrogens is 419 g/mol. The number of carbonyl (C=O) groups is 2. The summed E-state index contributed by atoms with van der Waals surface area (Å²) >= 11 is 0. The molecule has 0 saturated carbocycles. The number of nitrogens with one attached hydrogen (secondary N) is 1. The zero-order valence-electron chi connectivity index (χ0n) is 18.6. The van der Waals surface area contributed by atoms with Gasteiger partial charge in [-0.1, -0.05) is 26.7 Å². The number of terminal acetylenes is 1. The molecule has 1 amide bonds. The Kier molecular flexibility index (Phi) is 19.1. The van der Waals surface area contributed by atoms with Gasteiger partial charge in [0.25, 0.3) is 0 Å². The Morgan fingerprint density at radius 2 is 1.83 bits per heavy atom. The van der Waals surface area contributed by atoms with Gasteiger partial charge in [0.05, 0.1) is 11.7 Å². The van der Waals surface area contributed by atoms with Crippen LogP contribution in [0.4, 0.5) is 8.78 Å². The number of likely N-dealkylation sites (tertiary alicyclic amines) is 1. The molecule has 1 aromatic rings. The van der Waals surface area contributed by atoms with Crippen molar-refractivity contribution >= 4 is 12.7 Å². The van der Waals surface area contributed by atoms with Crippen molar-refractivity contribution in [1.82, 2.24) is 10.2 Å². The van der Waals surface area contributed by atoms with Gasteiger partial charge in [0.15, 0.2) is 0 Å². The van der Waals surface area contributed by atoms with Gasteiger partial charge in [-0.05, 0) is 36.6 Å². The van der Waals surface area contributed by atoms with Gasteiger partial charge in [-0.3, -0.25) is 4.79 Å². The summed E-state index contributed by atoms with van der Waals surface area (Å²) in [5.74, 6) is 0.758. The van der Waals surface area contributed by atoms with Crippen molar-refractivity contribution in [2.24, 2.45) is 5.41 Å². The van der Waals surface area contributed by atoms with E-state index >= 15 is 0 Å². The second-order valence-corrected chi connectivity index (χ2v) is 7.63. The minimum Gasteiger partial charge on any atom is -0.693 e. The van der Waals surface area contributed by atoms with Gasteiger partial charge in [-0.15, -0.1) is 6.42 Å². The molecule has 0 aromatic heterocycles. The molecule has 1 saturated heterocycles. The molecule has 0 bridgehead atoms. The molecule has 0 radical (unpaired) electrons. The van der Waals surface area contributed by atoms with Crippen molar-refractivity contribution in [3.63, 3.8) is 0 Å². The third-order valence-corrected chi connectivity index (χ3v) is 3.82. The van der Waals surface area contributed by atoms with Crippen molar-refractivity contribution in [2.75, 3.05) is 20.1 Å². The molecule has 4 N–H and O–H groups in total. The zero-order chi connectivity index (χ0) is 21.9. The Morgan fingerprint density at radius 3 is 2.17 bits per heavy atom. The molecule has 1 aliphatic heterocycles. The number of aliphatic hydroxyl groups excluding tert-OH is 1. The number of hydrogen-bond acceptors (Lipinski definition) is 4. The van der Waals surface area contributed by atoms with Crippen LogP contribution in [0.25, 0.3) is 6.15 Å². The molecule has 9 heteroatoms. The van der Waals surface area contributed by atoms with E-state index in [1.165, 1.54) is 12.1 Å². The van der Waals surface area contributed by atoms with Crippen molar-refractivity contribution in [3.05, 3.63) is 41.0 Å². The predicted octanol–water partition coefficient (Wildman–Crippen LogP) is 0.218. The van der Waals surface area contributed by atoms with Crippen molar-refractivity contribution < 1.29 is 74.9 Å². The first kappa shape index (κ1) is 33.9. The quantitative estimate of drug-likeness (QED) is 0.507. The molecule has 2 rings (SSSR count). The van der Waals surface area contributed by atoms with E-state index in [0.29, 0.717) is 25.1 Å². The molecular formula is C21H32F2KN3O3. The number of halogens is 2. The number of benzene rings is 1. The van der Waals surface area contributed by atoms with E-state index in [-0.39, 0.29) is 80.5 Å². The number of hydrogen-bond donors (Lipinski definition) is 2. The topological polar surface area (TPSA) is 103 Å². The van der Waals surface area contributed by atoms with Gasteiger partial charge in [-0.25, -0.2) is 8.78 Å². The van der Waals surface area contributed by atoms with Crippen LogP contribution in [0.1, 0.15) is 44.7 Å². The largest absolute Gasteiger partial charge is 1.00 e. The van der Waals surface area contributed by atoms with Crippen LogP contribution < -0.4 is 56.7 Å². The monoisotopic (exact) mass is 451 g/mol. The SMILES string of the molecule is C#Cc1c(F)cc(CNC)cc1F.C=O.CC(C)(C)CC(=O)N1CCC(O)C1.[K+].[NH2-]. The third-order valence-electron chi connectivity index (χ3n) is 3.82. The van der Waals surface area contributed by atoms with Gasteiger partial charge in [0, 0.05) is 26.1 Å². The first-order valence-electron chi connectivity index (χ1n) is 8.91. The smallest absolute Gasteiger partial charge is 0.693 e. The summed E-state index contributed by atoms with van der Waals surface area (Å²) in [6.07, 6.45) is 5.93. The van der Waals surface area contributed by atoms with Gasteiger partial charge < -0.3 is 26.3 Å². The van der Waals surface area contributed by atoms with Crippen LogP contribution in [0.2, 0.25) is 0 Å². The molecule has 1 heterocycles. The number of amides is 1. The number of aliphatic hydroxyl groups is 1. The molecule has 0 spiro atoms. The van der Waals surface area contributed by atoms with E-state index in [1.807, 2.05) is 12.7 Å². The molecule has 1 fully saturated rings. The summed E-state index contributed by atoms with van der Waals surface area (Å²) in [4.78, 5) is 21.4. The Hall–Kier alpha value is -0.704. The van der Waals surface area contributed by atoms with Crippen molar-refractivity contribution in [3.8, 4) is 12.3 Å². The maximum absolute atomic E-state index is 13.0. The van der Waals surface area contributed by atoms with Crippen LogP contribution in [0.15, 0.2) is 12.1 Å². The van der Waals surface area contributed by atoms with Crippen LogP contribution >= 0.6 is 0 Å². The van der Waals surface area contributed by atoms with Gasteiger partial charge in [-0.2, -0.15) is 0 Å². The summed E-state index contributed by atoms with van der Waals surface area (Å²) in [7, 11) is 1.70. The Morgan fingerprint density at radius 1 is 1.33 bits per heavy atom. The predicted molar refractivity (Wildman–Crippen MR) is 111 cm³/mol. The van der Waals surface area contributed by atoms with E-state index in [0.717, 1.165) is 13.0 Å². The van der Waals surface area contributed by atoms with E-state index in [2.05, 4.69) is 26.1 Å². The molecule has 6 nitrogen and oxygen atoms in total. The van der Waals surface area contributed by atoms with Crippen LogP contribution in [0, 0.1) is 29.4 Å². The number of rotatable bonds is 3. The summed E-state index contributed by atoms with van der Waals surface area (Å²) in [5.41, 5.74) is 0.279. The van der Waals surface area contributed by atoms with E-state index < -0.39 is 11.6 Å². The second kappa shape index (κ2) is 16.9. The first-order chi connectivity index (χ1) is 13.1. The number of nitrogens with zero attached hydrogens (tertiary/aromatic N) is 1. The minimum atomic E-state index is -0.687. The fourth-order valence-corrected chi connectivity index (χ4v) is 2.60. The summed E-state index contributed by atoms with van der Waals surface area (Å²) < 4.78 is 26.0. The Labute approximate surface area is 221 Å². The maximum Gasteiger partial charge on any atom is 1.00 e. The molecule has 164 valence electrons. The maximum atomic E-state index is 13.0. The molecule has 1 atom stereocenters. The molecule has 1 aliphatic rings. The van der Waals surface area contributed by atoms with Crippen LogP contribution in [0.3, 0.4) is 0 Å². The van der Waals surface area contributed by atoms with Crippen LogP contribution in [-0.4, -0.2) is 48.9 Å². The fraction of sp³-hybridized carbons (Fsp3) is 0.524. The normalized spacial score (nSPS) is 14.6. The fourth-order valence-electron chi connectivity index (χ4n) is 2.60. The van der Waals surface area contributed by atoms with E-state index in [1.54, 1.807) is 11.9 Å². The molecule has 1 unspecified atom stereocenters. The Balaban J connectivity index is -0.000000423. The number of carbonyl (C=O) groups excluding carboxylic acids is 2. The van der Waals surface area contributed by atoms with Gasteiger partial charge in [0.2, 0.25) is 5.91 Å². The van der Waals surface area contributed by atoms with Crippen molar-refractivity contribution in [2.45, 2.75) is 46.3 Å². The number of nitrogens with two attached hydrogens (primary N) is 1. The Bertz CT molecular complexity index is 668.